The topological polar surface area (TPSA) is 88.2 Å². The number of nitrogens with one attached hydrogen (secondary N) is 1. The van der Waals surface area contributed by atoms with E-state index < -0.39 is 22.9 Å². The highest BCUT2D eigenvalue weighted by Gasteiger charge is 2.26. The third-order valence-corrected chi connectivity index (χ3v) is 7.14. The number of hydrogen-bond donors (Lipinski definition) is 1. The van der Waals surface area contributed by atoms with Crippen molar-refractivity contribution in [2.75, 3.05) is 31.5 Å². The third-order valence-electron chi connectivity index (χ3n) is 7.14. The van der Waals surface area contributed by atoms with E-state index in [0.717, 1.165) is 22.3 Å². The molecule has 1 N–H and O–H groups in total. The standard InChI is InChI=1S/C34H42FN3O5/c1-22-20-25(23-12-16-37(17-13-23)31(40)42-33(2,3)4)9-11-29(22)36-30(39)26-8-10-27(28(35)21-26)24-14-18-38(19-15-24)32(41)43-34(5,6)7/h8-12,14,20-21H,13,15-19H2,1-7H3,(H,36,39). The summed E-state index contributed by atoms with van der Waals surface area (Å²) in [6.07, 6.45) is 4.34. The number of carbonyl (C=O) groups excluding carboxylic acids is 3. The lowest BCUT2D eigenvalue weighted by molar-refractivity contribution is 0.0260. The molecule has 0 unspecified atom stereocenters. The van der Waals surface area contributed by atoms with E-state index in [2.05, 4.69) is 5.32 Å². The normalized spacial score (nSPS) is 15.8. The molecular weight excluding hydrogens is 549 g/mol. The summed E-state index contributed by atoms with van der Waals surface area (Å²) < 4.78 is 26.0. The van der Waals surface area contributed by atoms with Crippen molar-refractivity contribution in [2.45, 2.75) is 72.5 Å². The summed E-state index contributed by atoms with van der Waals surface area (Å²) in [5.74, 6) is -0.888. The molecule has 0 atom stereocenters. The minimum Gasteiger partial charge on any atom is -0.444 e. The van der Waals surface area contributed by atoms with Crippen LogP contribution in [0.25, 0.3) is 11.1 Å². The van der Waals surface area contributed by atoms with Gasteiger partial charge in [0.05, 0.1) is 0 Å². The number of hydrogen-bond acceptors (Lipinski definition) is 5. The largest absolute Gasteiger partial charge is 0.444 e. The van der Waals surface area contributed by atoms with Gasteiger partial charge in [0.15, 0.2) is 0 Å². The van der Waals surface area contributed by atoms with Gasteiger partial charge in [-0.15, -0.1) is 0 Å². The Morgan fingerprint density at radius 2 is 1.35 bits per heavy atom. The van der Waals surface area contributed by atoms with Crippen molar-refractivity contribution < 1.29 is 28.2 Å². The second-order valence-electron chi connectivity index (χ2n) is 13.0. The highest BCUT2D eigenvalue weighted by Crippen LogP contribution is 2.29. The second-order valence-corrected chi connectivity index (χ2v) is 13.0. The van der Waals surface area contributed by atoms with Crippen molar-refractivity contribution in [2.24, 2.45) is 0 Å². The molecule has 2 aliphatic rings. The van der Waals surface area contributed by atoms with Crippen molar-refractivity contribution in [3.05, 3.63) is 76.6 Å². The van der Waals surface area contributed by atoms with Gasteiger partial charge in [-0.25, -0.2) is 14.0 Å². The molecule has 0 saturated heterocycles. The lowest BCUT2D eigenvalue weighted by Crippen LogP contribution is -2.39. The number of carbonyl (C=O) groups is 3. The van der Waals surface area contributed by atoms with Gasteiger partial charge < -0.3 is 24.6 Å². The van der Waals surface area contributed by atoms with E-state index in [4.69, 9.17) is 9.47 Å². The molecule has 9 heteroatoms. The number of aryl methyl sites for hydroxylation is 1. The maximum Gasteiger partial charge on any atom is 0.410 e. The average molecular weight is 592 g/mol. The van der Waals surface area contributed by atoms with Crippen molar-refractivity contribution in [3.8, 4) is 0 Å². The number of ether oxygens (including phenoxy) is 2. The zero-order chi connectivity index (χ0) is 31.5. The first-order chi connectivity index (χ1) is 20.1. The molecule has 0 spiro atoms. The minimum atomic E-state index is -0.579. The summed E-state index contributed by atoms with van der Waals surface area (Å²) in [4.78, 5) is 41.0. The summed E-state index contributed by atoms with van der Waals surface area (Å²) in [7, 11) is 0. The van der Waals surface area contributed by atoms with Crippen LogP contribution in [0.3, 0.4) is 0 Å². The van der Waals surface area contributed by atoms with Crippen LogP contribution < -0.4 is 5.32 Å². The summed E-state index contributed by atoms with van der Waals surface area (Å²) in [5.41, 5.74) is 3.99. The van der Waals surface area contributed by atoms with Crippen LogP contribution in [-0.4, -0.2) is 65.3 Å². The SMILES string of the molecule is Cc1cc(C2=CCN(C(=O)OC(C)(C)C)CC2)ccc1NC(=O)c1ccc(C2=CCN(C(=O)OC(C)(C)C)CC2)c(F)c1. The maximum atomic E-state index is 15.1. The fourth-order valence-electron chi connectivity index (χ4n) is 4.94. The molecule has 3 amide bonds. The minimum absolute atomic E-state index is 0.216. The summed E-state index contributed by atoms with van der Waals surface area (Å²) in [5, 5.41) is 2.90. The van der Waals surface area contributed by atoms with Crippen LogP contribution in [0.1, 0.15) is 81.4 Å². The first-order valence-corrected chi connectivity index (χ1v) is 14.7. The van der Waals surface area contributed by atoms with E-state index in [1.807, 2.05) is 78.8 Å². The van der Waals surface area contributed by atoms with Crippen LogP contribution in [0.4, 0.5) is 19.7 Å². The lowest BCUT2D eigenvalue weighted by Gasteiger charge is -2.29. The van der Waals surface area contributed by atoms with Gasteiger partial charge in [0.1, 0.15) is 17.0 Å². The molecule has 2 heterocycles. The fraction of sp³-hybridized carbons (Fsp3) is 0.441. The van der Waals surface area contributed by atoms with Crippen LogP contribution in [-0.2, 0) is 9.47 Å². The molecule has 0 aromatic heterocycles. The predicted octanol–water partition coefficient (Wildman–Crippen LogP) is 7.43. The Morgan fingerprint density at radius 3 is 1.81 bits per heavy atom. The van der Waals surface area contributed by atoms with E-state index in [9.17, 15) is 14.4 Å². The van der Waals surface area contributed by atoms with E-state index in [0.29, 0.717) is 50.3 Å². The summed E-state index contributed by atoms with van der Waals surface area (Å²) in [6, 6.07) is 10.3. The zero-order valence-electron chi connectivity index (χ0n) is 26.2. The van der Waals surface area contributed by atoms with Gasteiger partial charge in [0, 0.05) is 43.0 Å². The van der Waals surface area contributed by atoms with Gasteiger partial charge in [-0.2, -0.15) is 0 Å². The highest BCUT2D eigenvalue weighted by molar-refractivity contribution is 6.05. The first kappa shape index (κ1) is 31.8. The number of amides is 3. The molecule has 0 bridgehead atoms. The molecule has 2 aliphatic heterocycles. The molecule has 0 aliphatic carbocycles. The molecule has 2 aromatic rings. The fourth-order valence-corrected chi connectivity index (χ4v) is 4.94. The molecule has 2 aromatic carbocycles. The molecule has 230 valence electrons. The Morgan fingerprint density at radius 1 is 0.791 bits per heavy atom. The van der Waals surface area contributed by atoms with Crippen LogP contribution in [0, 0.1) is 12.7 Å². The number of rotatable bonds is 4. The van der Waals surface area contributed by atoms with E-state index >= 15 is 4.39 Å². The third kappa shape index (κ3) is 8.46. The summed E-state index contributed by atoms with van der Waals surface area (Å²) >= 11 is 0. The van der Waals surface area contributed by atoms with E-state index in [-0.39, 0.29) is 17.7 Å². The predicted molar refractivity (Wildman–Crippen MR) is 166 cm³/mol. The van der Waals surface area contributed by atoms with Gasteiger partial charge in [-0.1, -0.05) is 24.3 Å². The Bertz CT molecular complexity index is 1470. The van der Waals surface area contributed by atoms with Crippen molar-refractivity contribution in [1.82, 2.24) is 9.80 Å². The Balaban J connectivity index is 1.37. The van der Waals surface area contributed by atoms with Gasteiger partial charge in [-0.05, 0) is 108 Å². The Kier molecular flexibility index (Phi) is 9.32. The second kappa shape index (κ2) is 12.6. The van der Waals surface area contributed by atoms with Crippen molar-refractivity contribution >= 4 is 34.9 Å². The number of halogens is 1. The molecule has 43 heavy (non-hydrogen) atoms. The molecule has 0 fully saturated rings. The van der Waals surface area contributed by atoms with Crippen LogP contribution in [0.15, 0.2) is 48.6 Å². The van der Waals surface area contributed by atoms with Crippen molar-refractivity contribution in [1.29, 1.82) is 0 Å². The molecular formula is C34H42FN3O5. The van der Waals surface area contributed by atoms with Gasteiger partial charge in [-0.3, -0.25) is 4.79 Å². The maximum absolute atomic E-state index is 15.1. The highest BCUT2D eigenvalue weighted by atomic mass is 19.1. The zero-order valence-corrected chi connectivity index (χ0v) is 26.2. The van der Waals surface area contributed by atoms with Gasteiger partial charge >= 0.3 is 12.2 Å². The Labute approximate surface area is 253 Å². The van der Waals surface area contributed by atoms with E-state index in [1.165, 1.54) is 6.07 Å². The van der Waals surface area contributed by atoms with Crippen LogP contribution in [0.2, 0.25) is 0 Å². The molecule has 0 radical (unpaired) electrons. The van der Waals surface area contributed by atoms with Crippen LogP contribution in [0.5, 0.6) is 0 Å². The summed E-state index contributed by atoms with van der Waals surface area (Å²) in [6.45, 7) is 14.7. The number of benzene rings is 2. The molecule has 4 rings (SSSR count). The lowest BCUT2D eigenvalue weighted by atomic mass is 9.97. The van der Waals surface area contributed by atoms with Gasteiger partial charge in [0.2, 0.25) is 0 Å². The van der Waals surface area contributed by atoms with E-state index in [1.54, 1.807) is 21.9 Å². The number of anilines is 1. The molecule has 8 nitrogen and oxygen atoms in total. The first-order valence-electron chi connectivity index (χ1n) is 14.7. The monoisotopic (exact) mass is 591 g/mol. The average Bonchev–Trinajstić information content (AvgIpc) is 2.92. The van der Waals surface area contributed by atoms with Gasteiger partial charge in [0.25, 0.3) is 5.91 Å². The smallest absolute Gasteiger partial charge is 0.410 e. The van der Waals surface area contributed by atoms with Crippen molar-refractivity contribution in [3.63, 3.8) is 0 Å². The van der Waals surface area contributed by atoms with Crippen LogP contribution >= 0.6 is 0 Å². The number of nitrogens with zero attached hydrogens (tertiary/aromatic N) is 2. The Hall–Kier alpha value is -4.14. The molecule has 0 saturated carbocycles. The quantitative estimate of drug-likeness (QED) is 0.399.